The van der Waals surface area contributed by atoms with Gasteiger partial charge in [-0.1, -0.05) is 19.3 Å². The molecule has 186 valence electrons. The van der Waals surface area contributed by atoms with Gasteiger partial charge >= 0.3 is 0 Å². The highest BCUT2D eigenvalue weighted by Gasteiger charge is 2.18. The number of imidazole rings is 1. The fourth-order valence-corrected chi connectivity index (χ4v) is 4.62. The Morgan fingerprint density at radius 3 is 2.67 bits per heavy atom. The number of halogens is 1. The first kappa shape index (κ1) is 23.9. The fourth-order valence-electron chi connectivity index (χ4n) is 4.62. The van der Waals surface area contributed by atoms with Crippen molar-refractivity contribution in [2.45, 2.75) is 44.9 Å². The van der Waals surface area contributed by atoms with E-state index in [1.165, 1.54) is 31.4 Å². The van der Waals surface area contributed by atoms with Crippen LogP contribution in [0.1, 0.15) is 54.7 Å². The number of amides is 1. The van der Waals surface area contributed by atoms with E-state index < -0.39 is 0 Å². The first-order valence-corrected chi connectivity index (χ1v) is 12.6. The zero-order valence-corrected chi connectivity index (χ0v) is 20.2. The van der Waals surface area contributed by atoms with E-state index in [1.807, 2.05) is 0 Å². The van der Waals surface area contributed by atoms with Gasteiger partial charge in [0, 0.05) is 36.5 Å². The molecule has 1 aliphatic rings. The van der Waals surface area contributed by atoms with Crippen molar-refractivity contribution >= 4 is 16.9 Å². The Morgan fingerprint density at radius 1 is 1.06 bits per heavy atom. The van der Waals surface area contributed by atoms with Crippen molar-refractivity contribution < 1.29 is 13.9 Å². The molecular weight excluding hydrogens is 457 g/mol. The Morgan fingerprint density at radius 2 is 1.89 bits per heavy atom. The maximum atomic E-state index is 13.6. The topological polar surface area (TPSA) is 92.8 Å². The van der Waals surface area contributed by atoms with E-state index in [0.717, 1.165) is 37.1 Å². The molecule has 2 aromatic heterocycles. The van der Waals surface area contributed by atoms with E-state index in [1.54, 1.807) is 42.7 Å². The SMILES string of the molecule is O=C(NCCCc1ncc[nH]1)c1ccc2nc(OCC3CCCCC3)c(-c3ccc(F)cc3)nc2c1. The van der Waals surface area contributed by atoms with Crippen LogP contribution in [0.2, 0.25) is 0 Å². The number of nitrogens with zero attached hydrogens (tertiary/aromatic N) is 3. The summed E-state index contributed by atoms with van der Waals surface area (Å²) in [4.78, 5) is 29.5. The van der Waals surface area contributed by atoms with E-state index in [-0.39, 0.29) is 11.7 Å². The number of fused-ring (bicyclic) bond motifs is 1. The van der Waals surface area contributed by atoms with Gasteiger partial charge < -0.3 is 15.0 Å². The molecule has 0 aliphatic heterocycles. The zero-order chi connectivity index (χ0) is 24.7. The first-order chi connectivity index (χ1) is 17.7. The number of rotatable bonds is 9. The summed E-state index contributed by atoms with van der Waals surface area (Å²) in [5.74, 6) is 1.37. The summed E-state index contributed by atoms with van der Waals surface area (Å²) in [6.07, 6.45) is 11.1. The minimum Gasteiger partial charge on any atom is -0.476 e. The molecule has 1 fully saturated rings. The first-order valence-electron chi connectivity index (χ1n) is 12.6. The third-order valence-corrected chi connectivity index (χ3v) is 6.62. The van der Waals surface area contributed by atoms with Gasteiger partial charge in [0.2, 0.25) is 5.88 Å². The Labute approximate surface area is 209 Å². The number of aryl methyl sites for hydroxylation is 1. The van der Waals surface area contributed by atoms with Crippen molar-refractivity contribution in [2.24, 2.45) is 5.92 Å². The minimum absolute atomic E-state index is 0.167. The van der Waals surface area contributed by atoms with E-state index in [4.69, 9.17) is 14.7 Å². The van der Waals surface area contributed by atoms with Gasteiger partial charge in [0.05, 0.1) is 17.6 Å². The maximum absolute atomic E-state index is 13.6. The van der Waals surface area contributed by atoms with Crippen LogP contribution in [0.25, 0.3) is 22.3 Å². The van der Waals surface area contributed by atoms with E-state index >= 15 is 0 Å². The second-order valence-electron chi connectivity index (χ2n) is 9.30. The summed E-state index contributed by atoms with van der Waals surface area (Å²) in [7, 11) is 0. The molecular formula is C28H30FN5O2. The molecule has 7 nitrogen and oxygen atoms in total. The van der Waals surface area contributed by atoms with Crippen LogP contribution in [-0.4, -0.2) is 39.0 Å². The highest BCUT2D eigenvalue weighted by Crippen LogP contribution is 2.31. The van der Waals surface area contributed by atoms with Crippen molar-refractivity contribution in [1.29, 1.82) is 0 Å². The molecule has 0 spiro atoms. The summed E-state index contributed by atoms with van der Waals surface area (Å²) in [5, 5.41) is 2.95. The van der Waals surface area contributed by atoms with E-state index in [2.05, 4.69) is 15.3 Å². The molecule has 8 heteroatoms. The molecule has 0 bridgehead atoms. The molecule has 1 amide bonds. The quantitative estimate of drug-likeness (QED) is 0.305. The van der Waals surface area contributed by atoms with Crippen LogP contribution in [0.15, 0.2) is 54.9 Å². The second kappa shape index (κ2) is 11.3. The van der Waals surface area contributed by atoms with Crippen molar-refractivity contribution in [3.8, 4) is 17.1 Å². The average molecular weight is 488 g/mol. The number of hydrogen-bond acceptors (Lipinski definition) is 5. The predicted octanol–water partition coefficient (Wildman–Crippen LogP) is 5.48. The molecule has 2 N–H and O–H groups in total. The molecule has 4 aromatic rings. The van der Waals surface area contributed by atoms with Gasteiger partial charge in [-0.15, -0.1) is 0 Å². The molecule has 2 heterocycles. The lowest BCUT2D eigenvalue weighted by atomic mass is 9.90. The van der Waals surface area contributed by atoms with Gasteiger partial charge in [0.1, 0.15) is 17.3 Å². The number of nitrogens with one attached hydrogen (secondary N) is 2. The lowest BCUT2D eigenvalue weighted by Gasteiger charge is -2.22. The van der Waals surface area contributed by atoms with Gasteiger partial charge in [0.15, 0.2) is 0 Å². The predicted molar refractivity (Wildman–Crippen MR) is 136 cm³/mol. The van der Waals surface area contributed by atoms with Crippen LogP contribution in [0.4, 0.5) is 4.39 Å². The molecule has 0 unspecified atom stereocenters. The summed E-state index contributed by atoms with van der Waals surface area (Å²) in [5.41, 5.74) is 3.01. The van der Waals surface area contributed by atoms with Crippen LogP contribution in [0, 0.1) is 11.7 Å². The Hall–Kier alpha value is -3.81. The average Bonchev–Trinajstić information content (AvgIpc) is 3.44. The molecule has 36 heavy (non-hydrogen) atoms. The lowest BCUT2D eigenvalue weighted by molar-refractivity contribution is 0.0953. The number of hydrogen-bond donors (Lipinski definition) is 2. The van der Waals surface area contributed by atoms with Crippen molar-refractivity contribution in [1.82, 2.24) is 25.3 Å². The molecule has 1 saturated carbocycles. The van der Waals surface area contributed by atoms with Crippen LogP contribution in [-0.2, 0) is 6.42 Å². The molecule has 5 rings (SSSR count). The van der Waals surface area contributed by atoms with Crippen molar-refractivity contribution in [2.75, 3.05) is 13.2 Å². The Kier molecular flexibility index (Phi) is 7.50. The molecule has 1 aliphatic carbocycles. The Balaban J connectivity index is 1.35. The van der Waals surface area contributed by atoms with Crippen LogP contribution >= 0.6 is 0 Å². The second-order valence-corrected chi connectivity index (χ2v) is 9.30. The van der Waals surface area contributed by atoms with Gasteiger partial charge in [-0.3, -0.25) is 4.79 Å². The smallest absolute Gasteiger partial charge is 0.251 e. The minimum atomic E-state index is -0.317. The van der Waals surface area contributed by atoms with Crippen LogP contribution in [0.3, 0.4) is 0 Å². The van der Waals surface area contributed by atoms with Crippen molar-refractivity contribution in [3.63, 3.8) is 0 Å². The number of aromatic amines is 1. The summed E-state index contributed by atoms with van der Waals surface area (Å²) >= 11 is 0. The normalized spacial score (nSPS) is 14.1. The number of benzene rings is 2. The number of ether oxygens (including phenoxy) is 1. The fraction of sp³-hybridized carbons (Fsp3) is 0.357. The Bertz CT molecular complexity index is 1300. The number of carbonyl (C=O) groups excluding carboxylic acids is 1. The van der Waals surface area contributed by atoms with Crippen LogP contribution in [0.5, 0.6) is 5.88 Å². The lowest BCUT2D eigenvalue weighted by Crippen LogP contribution is -2.24. The van der Waals surface area contributed by atoms with E-state index in [9.17, 15) is 9.18 Å². The zero-order valence-electron chi connectivity index (χ0n) is 20.2. The van der Waals surface area contributed by atoms with Gasteiger partial charge in [0.25, 0.3) is 5.91 Å². The highest BCUT2D eigenvalue weighted by molar-refractivity contribution is 5.97. The van der Waals surface area contributed by atoms with E-state index in [0.29, 0.717) is 47.2 Å². The van der Waals surface area contributed by atoms with Crippen LogP contribution < -0.4 is 10.1 Å². The molecule has 0 saturated heterocycles. The van der Waals surface area contributed by atoms with Gasteiger partial charge in [-0.25, -0.2) is 19.3 Å². The van der Waals surface area contributed by atoms with Gasteiger partial charge in [-0.2, -0.15) is 0 Å². The standard InChI is InChI=1S/C28H30FN5O2/c29-22-11-8-20(9-12-22)26-28(36-18-19-5-2-1-3-6-19)34-23-13-10-21(17-24(23)33-26)27(35)32-14-4-7-25-30-15-16-31-25/h8-13,15-17,19H,1-7,14,18H2,(H,30,31)(H,32,35). The van der Waals surface area contributed by atoms with Crippen molar-refractivity contribution in [3.05, 3.63) is 72.1 Å². The molecule has 0 atom stereocenters. The summed E-state index contributed by atoms with van der Waals surface area (Å²) in [6.45, 7) is 1.13. The number of H-pyrrole nitrogens is 1. The number of carbonyl (C=O) groups is 1. The van der Waals surface area contributed by atoms with Gasteiger partial charge in [-0.05, 0) is 67.6 Å². The molecule has 0 radical (unpaired) electrons. The largest absolute Gasteiger partial charge is 0.476 e. The monoisotopic (exact) mass is 487 g/mol. The third-order valence-electron chi connectivity index (χ3n) is 6.62. The maximum Gasteiger partial charge on any atom is 0.251 e. The highest BCUT2D eigenvalue weighted by atomic mass is 19.1. The third kappa shape index (κ3) is 5.87. The summed E-state index contributed by atoms with van der Waals surface area (Å²) < 4.78 is 19.8. The summed E-state index contributed by atoms with van der Waals surface area (Å²) in [6, 6.07) is 11.4. The number of aromatic nitrogens is 4. The molecule has 2 aromatic carbocycles.